The maximum atomic E-state index is 10.2. The van der Waals surface area contributed by atoms with Gasteiger partial charge in [-0.2, -0.15) is 0 Å². The van der Waals surface area contributed by atoms with Gasteiger partial charge in [0.05, 0.1) is 6.10 Å². The molecule has 1 aromatic heterocycles. The van der Waals surface area contributed by atoms with Crippen molar-refractivity contribution in [1.29, 1.82) is 0 Å². The van der Waals surface area contributed by atoms with E-state index in [-0.39, 0.29) is 0 Å². The fourth-order valence-electron chi connectivity index (χ4n) is 2.04. The molecule has 23 heavy (non-hydrogen) atoms. The molecule has 4 nitrogen and oxygen atoms in total. The summed E-state index contributed by atoms with van der Waals surface area (Å²) in [6, 6.07) is 15.0. The maximum absolute atomic E-state index is 10.2. The van der Waals surface area contributed by atoms with E-state index < -0.39 is 6.10 Å². The van der Waals surface area contributed by atoms with Crippen molar-refractivity contribution in [2.45, 2.75) is 18.3 Å². The van der Waals surface area contributed by atoms with Crippen LogP contribution in [0.1, 0.15) is 17.2 Å². The van der Waals surface area contributed by atoms with E-state index in [0.717, 1.165) is 16.7 Å². The summed E-state index contributed by atoms with van der Waals surface area (Å²) in [6.45, 7) is 2.01. The predicted molar refractivity (Wildman–Crippen MR) is 91.6 cm³/mol. The summed E-state index contributed by atoms with van der Waals surface area (Å²) < 4.78 is 5.60. The second kappa shape index (κ2) is 7.17. The number of nitrogens with zero attached hydrogens (tertiary/aromatic N) is 2. The van der Waals surface area contributed by atoms with E-state index in [0.29, 0.717) is 21.9 Å². The average Bonchev–Trinajstić information content (AvgIpc) is 3.02. The molecule has 3 aromatic rings. The first-order valence-electron chi connectivity index (χ1n) is 7.09. The SMILES string of the molecule is Cc1ccc(C(O)CSc2nnc(-c3cccc(Cl)c3)o2)cc1. The molecule has 0 aliphatic carbocycles. The first-order valence-corrected chi connectivity index (χ1v) is 8.45. The van der Waals surface area contributed by atoms with Crippen LogP contribution in [0.5, 0.6) is 0 Å². The number of aliphatic hydroxyl groups excluding tert-OH is 1. The smallest absolute Gasteiger partial charge is 0.276 e. The van der Waals surface area contributed by atoms with Crippen molar-refractivity contribution in [2.24, 2.45) is 0 Å². The first kappa shape index (κ1) is 16.1. The molecule has 0 spiro atoms. The van der Waals surface area contributed by atoms with Gasteiger partial charge in [0.25, 0.3) is 5.22 Å². The minimum absolute atomic E-state index is 0.417. The van der Waals surface area contributed by atoms with Crippen molar-refractivity contribution in [3.8, 4) is 11.5 Å². The number of hydrogen-bond donors (Lipinski definition) is 1. The number of aromatic nitrogens is 2. The highest BCUT2D eigenvalue weighted by molar-refractivity contribution is 7.99. The highest BCUT2D eigenvalue weighted by atomic mass is 35.5. The molecular formula is C17H15ClN2O2S. The number of thioether (sulfide) groups is 1. The number of hydrogen-bond acceptors (Lipinski definition) is 5. The Morgan fingerprint density at radius 2 is 1.96 bits per heavy atom. The Morgan fingerprint density at radius 1 is 1.17 bits per heavy atom. The van der Waals surface area contributed by atoms with E-state index in [2.05, 4.69) is 10.2 Å². The van der Waals surface area contributed by atoms with E-state index in [1.807, 2.05) is 43.3 Å². The van der Waals surface area contributed by atoms with E-state index in [1.54, 1.807) is 12.1 Å². The van der Waals surface area contributed by atoms with Crippen LogP contribution in [0.4, 0.5) is 0 Å². The molecular weight excluding hydrogens is 332 g/mol. The second-order valence-electron chi connectivity index (χ2n) is 5.12. The van der Waals surface area contributed by atoms with Crippen molar-refractivity contribution in [1.82, 2.24) is 10.2 Å². The minimum Gasteiger partial charge on any atom is -0.411 e. The zero-order valence-electron chi connectivity index (χ0n) is 12.4. The maximum Gasteiger partial charge on any atom is 0.276 e. The molecule has 1 N–H and O–H groups in total. The summed E-state index contributed by atoms with van der Waals surface area (Å²) in [5.74, 6) is 0.861. The normalized spacial score (nSPS) is 12.3. The van der Waals surface area contributed by atoms with Crippen LogP contribution in [0.3, 0.4) is 0 Å². The van der Waals surface area contributed by atoms with Gasteiger partial charge in [-0.05, 0) is 30.7 Å². The molecule has 0 aliphatic heterocycles. The third-order valence-corrected chi connectivity index (χ3v) is 4.43. The lowest BCUT2D eigenvalue weighted by atomic mass is 10.1. The number of aryl methyl sites for hydroxylation is 1. The topological polar surface area (TPSA) is 59.2 Å². The van der Waals surface area contributed by atoms with Crippen LogP contribution in [-0.4, -0.2) is 21.1 Å². The molecule has 1 heterocycles. The molecule has 118 valence electrons. The summed E-state index contributed by atoms with van der Waals surface area (Å²) in [5.41, 5.74) is 2.81. The number of aliphatic hydroxyl groups is 1. The molecule has 2 aromatic carbocycles. The van der Waals surface area contributed by atoms with E-state index in [9.17, 15) is 5.11 Å². The highest BCUT2D eigenvalue weighted by Gasteiger charge is 2.13. The lowest BCUT2D eigenvalue weighted by Gasteiger charge is -2.09. The molecule has 0 saturated carbocycles. The Labute approximate surface area is 143 Å². The zero-order chi connectivity index (χ0) is 16.2. The van der Waals surface area contributed by atoms with Crippen LogP contribution >= 0.6 is 23.4 Å². The number of halogens is 1. The van der Waals surface area contributed by atoms with Gasteiger partial charge in [0.15, 0.2) is 0 Å². The molecule has 0 bridgehead atoms. The molecule has 6 heteroatoms. The molecule has 1 unspecified atom stereocenters. The zero-order valence-corrected chi connectivity index (χ0v) is 14.0. The van der Waals surface area contributed by atoms with Crippen molar-refractivity contribution in [3.05, 3.63) is 64.7 Å². The number of benzene rings is 2. The Morgan fingerprint density at radius 3 is 2.70 bits per heavy atom. The van der Waals surface area contributed by atoms with Gasteiger partial charge < -0.3 is 9.52 Å². The van der Waals surface area contributed by atoms with Crippen LogP contribution in [-0.2, 0) is 0 Å². The van der Waals surface area contributed by atoms with Gasteiger partial charge in [-0.25, -0.2) is 0 Å². The monoisotopic (exact) mass is 346 g/mol. The van der Waals surface area contributed by atoms with Crippen molar-refractivity contribution >= 4 is 23.4 Å². The summed E-state index contributed by atoms with van der Waals surface area (Å²) in [6.07, 6.45) is -0.581. The van der Waals surface area contributed by atoms with E-state index in [4.69, 9.17) is 16.0 Å². The lowest BCUT2D eigenvalue weighted by Crippen LogP contribution is -2.00. The Bertz CT molecular complexity index is 789. The first-order chi connectivity index (χ1) is 11.1. The van der Waals surface area contributed by atoms with Gasteiger partial charge in [-0.1, -0.05) is 59.3 Å². The average molecular weight is 347 g/mol. The van der Waals surface area contributed by atoms with E-state index in [1.165, 1.54) is 11.8 Å². The van der Waals surface area contributed by atoms with Crippen molar-refractivity contribution < 1.29 is 9.52 Å². The fourth-order valence-corrected chi connectivity index (χ4v) is 2.96. The minimum atomic E-state index is -0.581. The third kappa shape index (κ3) is 4.13. The lowest BCUT2D eigenvalue weighted by molar-refractivity contribution is 0.203. The Kier molecular flexibility index (Phi) is 5.00. The van der Waals surface area contributed by atoms with Crippen LogP contribution < -0.4 is 0 Å². The predicted octanol–water partition coefficient (Wildman–Crippen LogP) is 4.52. The third-order valence-electron chi connectivity index (χ3n) is 3.30. The molecule has 0 amide bonds. The van der Waals surface area contributed by atoms with Crippen LogP contribution in [0.15, 0.2) is 58.2 Å². The molecule has 0 radical (unpaired) electrons. The highest BCUT2D eigenvalue weighted by Crippen LogP contribution is 2.27. The van der Waals surface area contributed by atoms with E-state index >= 15 is 0 Å². The summed E-state index contributed by atoms with van der Waals surface area (Å²) in [7, 11) is 0. The van der Waals surface area contributed by atoms with Crippen LogP contribution in [0.25, 0.3) is 11.5 Å². The summed E-state index contributed by atoms with van der Waals surface area (Å²) >= 11 is 7.28. The molecule has 0 fully saturated rings. The fraction of sp³-hybridized carbons (Fsp3) is 0.176. The molecule has 0 aliphatic rings. The van der Waals surface area contributed by atoms with Gasteiger partial charge in [-0.3, -0.25) is 0 Å². The van der Waals surface area contributed by atoms with Gasteiger partial charge in [0.1, 0.15) is 0 Å². The van der Waals surface area contributed by atoms with Crippen LogP contribution in [0.2, 0.25) is 5.02 Å². The quantitative estimate of drug-likeness (QED) is 0.688. The van der Waals surface area contributed by atoms with Gasteiger partial charge in [-0.15, -0.1) is 10.2 Å². The van der Waals surface area contributed by atoms with Crippen molar-refractivity contribution in [2.75, 3.05) is 5.75 Å². The largest absolute Gasteiger partial charge is 0.411 e. The molecule has 1 atom stereocenters. The van der Waals surface area contributed by atoms with Crippen molar-refractivity contribution in [3.63, 3.8) is 0 Å². The summed E-state index contributed by atoms with van der Waals surface area (Å²) in [4.78, 5) is 0. The van der Waals surface area contributed by atoms with Gasteiger partial charge in [0.2, 0.25) is 5.89 Å². The molecule has 0 saturated heterocycles. The van der Waals surface area contributed by atoms with Gasteiger partial charge >= 0.3 is 0 Å². The second-order valence-corrected chi connectivity index (χ2v) is 6.53. The Balaban J connectivity index is 1.64. The van der Waals surface area contributed by atoms with Gasteiger partial charge in [0, 0.05) is 16.3 Å². The molecule has 3 rings (SSSR count). The number of rotatable bonds is 5. The van der Waals surface area contributed by atoms with Crippen LogP contribution in [0, 0.1) is 6.92 Å². The summed E-state index contributed by atoms with van der Waals surface area (Å²) in [5, 5.41) is 19.2. The Hall–Kier alpha value is -1.82. The standard InChI is InChI=1S/C17H15ClN2O2S/c1-11-5-7-12(8-6-11)15(21)10-23-17-20-19-16(22-17)13-3-2-4-14(18)9-13/h2-9,15,21H,10H2,1H3.